The second-order valence-corrected chi connectivity index (χ2v) is 3.89. The molecule has 0 saturated heterocycles. The maximum atomic E-state index is 12.3. The smallest absolute Gasteiger partial charge is 0.169 e. The van der Waals surface area contributed by atoms with Gasteiger partial charge in [0.2, 0.25) is 0 Å². The van der Waals surface area contributed by atoms with E-state index in [-0.39, 0.29) is 45.9 Å². The molecule has 0 aliphatic carbocycles. The van der Waals surface area contributed by atoms with E-state index in [0.717, 1.165) is 22.3 Å². The van der Waals surface area contributed by atoms with Crippen LogP contribution in [0, 0.1) is 27.3 Å². The van der Waals surface area contributed by atoms with Crippen LogP contribution < -0.4 is 0 Å². The van der Waals surface area contributed by atoms with Crippen LogP contribution in [-0.4, -0.2) is 5.78 Å². The Morgan fingerprint density at radius 2 is 1.36 bits per heavy atom. The summed E-state index contributed by atoms with van der Waals surface area (Å²) in [5, 5.41) is 0. The molecule has 0 aliphatic rings. The zero-order valence-electron chi connectivity index (χ0n) is 15.0. The number of benzene rings is 2. The maximum Gasteiger partial charge on any atom is 0.169 e. The average molecular weight is 373 g/mol. The number of hydrogen-bond donors (Lipinski definition) is 0. The molecule has 1 nitrogen and oxygen atoms in total. The summed E-state index contributed by atoms with van der Waals surface area (Å²) in [6, 6.07) is 16.1. The van der Waals surface area contributed by atoms with Crippen molar-refractivity contribution >= 4 is 5.78 Å². The Labute approximate surface area is 162 Å². The zero-order valence-corrected chi connectivity index (χ0v) is 17.9. The third-order valence-corrected chi connectivity index (χ3v) is 2.71. The predicted molar refractivity (Wildman–Crippen MR) is 93.7 cm³/mol. The van der Waals surface area contributed by atoms with Gasteiger partial charge in [-0.05, 0) is 12.5 Å². The minimum atomic E-state index is 0. The number of rotatable bonds is 2. The van der Waals surface area contributed by atoms with Gasteiger partial charge in [0.05, 0.1) is 0 Å². The van der Waals surface area contributed by atoms with E-state index in [1.807, 2.05) is 77.9 Å². The van der Waals surface area contributed by atoms with Gasteiger partial charge in [-0.3, -0.25) is 4.79 Å². The zero-order chi connectivity index (χ0) is 15.5. The first kappa shape index (κ1) is 26.1. The first-order valence-corrected chi connectivity index (χ1v) is 7.27. The molecule has 0 fully saturated rings. The first-order valence-electron chi connectivity index (χ1n) is 7.27. The molecular formula is C20H28OY-2. The molecule has 1 radical (unpaired) electrons. The van der Waals surface area contributed by atoms with Crippen molar-refractivity contribution in [1.82, 2.24) is 0 Å². The van der Waals surface area contributed by atoms with Crippen LogP contribution in [-0.2, 0) is 32.7 Å². The molecule has 2 aromatic carbocycles. The fourth-order valence-electron chi connectivity index (χ4n) is 1.74. The van der Waals surface area contributed by atoms with Crippen LogP contribution in [0.25, 0.3) is 0 Å². The van der Waals surface area contributed by atoms with E-state index in [1.54, 1.807) is 6.07 Å². The van der Waals surface area contributed by atoms with Crippen LogP contribution >= 0.6 is 0 Å². The molecule has 0 bridgehead atoms. The largest absolute Gasteiger partial charge is 0.358 e. The van der Waals surface area contributed by atoms with Crippen molar-refractivity contribution < 1.29 is 37.5 Å². The Kier molecular flexibility index (Phi) is 18.0. The number of ketones is 1. The standard InChI is InChI=1S/C15H13O.2C2H6.CH3.Y/c1-11-7-3-5-9-13(11)15(16)14-10-6-4-8-12(14)2;2*1-2;;/h3,5-10H,1-2H3;2*1-2H3;1H3;/q-1;;;-1;. The molecule has 22 heavy (non-hydrogen) atoms. The van der Waals surface area contributed by atoms with Crippen molar-refractivity contribution in [1.29, 1.82) is 0 Å². The molecule has 0 aliphatic heterocycles. The van der Waals surface area contributed by atoms with Gasteiger partial charge < -0.3 is 7.43 Å². The topological polar surface area (TPSA) is 17.1 Å². The van der Waals surface area contributed by atoms with Crippen LogP contribution in [0.1, 0.15) is 54.7 Å². The summed E-state index contributed by atoms with van der Waals surface area (Å²) < 4.78 is 0. The van der Waals surface area contributed by atoms with E-state index in [2.05, 4.69) is 6.07 Å². The fourth-order valence-corrected chi connectivity index (χ4v) is 1.74. The summed E-state index contributed by atoms with van der Waals surface area (Å²) in [4.78, 5) is 12.3. The number of hydrogen-bond acceptors (Lipinski definition) is 1. The molecule has 0 amide bonds. The van der Waals surface area contributed by atoms with Crippen molar-refractivity contribution in [3.05, 3.63) is 78.2 Å². The maximum absolute atomic E-state index is 12.3. The van der Waals surface area contributed by atoms with Crippen molar-refractivity contribution in [2.45, 2.75) is 41.5 Å². The second-order valence-electron chi connectivity index (χ2n) is 3.89. The van der Waals surface area contributed by atoms with Crippen LogP contribution in [0.3, 0.4) is 0 Å². The Hall–Kier alpha value is -0.786. The molecule has 0 aromatic heterocycles. The molecule has 119 valence electrons. The minimum absolute atomic E-state index is 0. The Morgan fingerprint density at radius 1 is 0.864 bits per heavy atom. The normalized spacial score (nSPS) is 7.91. The van der Waals surface area contributed by atoms with Gasteiger partial charge in [0.25, 0.3) is 0 Å². The van der Waals surface area contributed by atoms with Gasteiger partial charge in [0.15, 0.2) is 5.78 Å². The summed E-state index contributed by atoms with van der Waals surface area (Å²) in [6.45, 7) is 11.9. The van der Waals surface area contributed by atoms with Crippen molar-refractivity contribution in [2.24, 2.45) is 0 Å². The molecule has 0 spiro atoms. The molecule has 2 heteroatoms. The van der Waals surface area contributed by atoms with Crippen LogP contribution in [0.2, 0.25) is 0 Å². The molecule has 2 rings (SSSR count). The third kappa shape index (κ3) is 7.47. The van der Waals surface area contributed by atoms with E-state index in [4.69, 9.17) is 0 Å². The molecule has 0 unspecified atom stereocenters. The monoisotopic (exact) mass is 373 g/mol. The number of aryl methyl sites for hydroxylation is 2. The number of carbonyl (C=O) groups excluding carboxylic acids is 1. The third-order valence-electron chi connectivity index (χ3n) is 2.71. The summed E-state index contributed by atoms with van der Waals surface area (Å²) >= 11 is 0. The molecule has 0 saturated carbocycles. The van der Waals surface area contributed by atoms with Gasteiger partial charge in [-0.25, -0.2) is 0 Å². The minimum Gasteiger partial charge on any atom is -0.358 e. The molecular weight excluding hydrogens is 345 g/mol. The molecule has 0 heterocycles. The summed E-state index contributed by atoms with van der Waals surface area (Å²) in [5.74, 6) is 0.0876. The number of carbonyl (C=O) groups is 1. The fraction of sp³-hybridized carbons (Fsp3) is 0.300. The molecule has 2 aromatic rings. The SMILES string of the molecule is CC.CC.Cc1c[c-]ccc1C(=O)c1ccccc1C.[CH3-].[Y]. The van der Waals surface area contributed by atoms with Gasteiger partial charge in [-0.2, -0.15) is 24.3 Å². The Balaban J connectivity index is -0.000000557. The Morgan fingerprint density at radius 3 is 1.86 bits per heavy atom. The average Bonchev–Trinajstić information content (AvgIpc) is 2.52. The predicted octanol–water partition coefficient (Wildman–Crippen LogP) is 5.83. The summed E-state index contributed by atoms with van der Waals surface area (Å²) in [5.41, 5.74) is 3.51. The molecule has 0 N–H and O–H groups in total. The van der Waals surface area contributed by atoms with Crippen LogP contribution in [0.4, 0.5) is 0 Å². The van der Waals surface area contributed by atoms with E-state index in [0.29, 0.717) is 0 Å². The van der Waals surface area contributed by atoms with Gasteiger partial charge in [0, 0.05) is 38.3 Å². The second kappa shape index (κ2) is 15.1. The van der Waals surface area contributed by atoms with Crippen molar-refractivity contribution in [3.8, 4) is 0 Å². The van der Waals surface area contributed by atoms with Crippen LogP contribution in [0.15, 0.2) is 42.5 Å². The van der Waals surface area contributed by atoms with Gasteiger partial charge in [0.1, 0.15) is 0 Å². The Bertz CT molecular complexity index is 485. The van der Waals surface area contributed by atoms with E-state index in [9.17, 15) is 4.79 Å². The molecule has 0 atom stereocenters. The first-order chi connectivity index (χ1) is 9.70. The van der Waals surface area contributed by atoms with E-state index in [1.165, 1.54) is 0 Å². The summed E-state index contributed by atoms with van der Waals surface area (Å²) in [6.07, 6.45) is 0. The van der Waals surface area contributed by atoms with Crippen molar-refractivity contribution in [2.75, 3.05) is 0 Å². The van der Waals surface area contributed by atoms with Gasteiger partial charge in [-0.1, -0.05) is 64.4 Å². The van der Waals surface area contributed by atoms with E-state index < -0.39 is 0 Å². The summed E-state index contributed by atoms with van der Waals surface area (Å²) in [7, 11) is 0. The quantitative estimate of drug-likeness (QED) is 0.478. The van der Waals surface area contributed by atoms with Gasteiger partial charge in [-0.15, -0.1) is 5.56 Å². The van der Waals surface area contributed by atoms with Crippen LogP contribution in [0.5, 0.6) is 0 Å². The van der Waals surface area contributed by atoms with Gasteiger partial charge >= 0.3 is 0 Å². The van der Waals surface area contributed by atoms with Crippen molar-refractivity contribution in [3.63, 3.8) is 0 Å². The van der Waals surface area contributed by atoms with E-state index >= 15 is 0 Å².